The Hall–Kier alpha value is -6.35. The predicted octanol–water partition coefficient (Wildman–Crippen LogP) is -1.22. The van der Waals surface area contributed by atoms with Crippen molar-refractivity contribution in [1.29, 1.82) is 0 Å². The zero-order valence-electron chi connectivity index (χ0n) is 41.6. The van der Waals surface area contributed by atoms with Crippen LogP contribution >= 0.6 is 0 Å². The monoisotopic (exact) mass is 1040 g/mol. The number of benzene rings is 2. The lowest BCUT2D eigenvalue weighted by Gasteiger charge is -2.33. The summed E-state index contributed by atoms with van der Waals surface area (Å²) in [6.45, 7) is 1.78. The second-order valence-corrected chi connectivity index (χ2v) is 19.0. The van der Waals surface area contributed by atoms with Crippen LogP contribution in [0.5, 0.6) is 0 Å². The first-order valence-electron chi connectivity index (χ1n) is 25.0. The molecule has 3 amide bonds. The number of hydrogen-bond acceptors (Lipinski definition) is 16. The third-order valence-electron chi connectivity index (χ3n) is 13.2. The van der Waals surface area contributed by atoms with Gasteiger partial charge < -0.3 is 51.7 Å². The van der Waals surface area contributed by atoms with Gasteiger partial charge in [0.1, 0.15) is 18.1 Å². The van der Waals surface area contributed by atoms with Crippen molar-refractivity contribution in [3.8, 4) is 0 Å². The van der Waals surface area contributed by atoms with E-state index in [1.807, 2.05) is 47.4 Å². The molecule has 2 aliphatic rings. The minimum absolute atomic E-state index is 0.0119. The number of carbonyl (C=O) groups is 9. The molecule has 25 nitrogen and oxygen atoms in total. The van der Waals surface area contributed by atoms with Gasteiger partial charge in [0.15, 0.2) is 6.35 Å². The predicted molar refractivity (Wildman–Crippen MR) is 266 cm³/mol. The Bertz CT molecular complexity index is 2180. The highest BCUT2D eigenvalue weighted by molar-refractivity contribution is 5.89. The molecule has 1 aliphatic heterocycles. The van der Waals surface area contributed by atoms with Crippen LogP contribution in [0.4, 0.5) is 0 Å². The normalized spacial score (nSPS) is 19.4. The van der Waals surface area contributed by atoms with Crippen LogP contribution < -0.4 is 26.6 Å². The molecule has 2 unspecified atom stereocenters. The molecule has 1 aliphatic carbocycles. The molecule has 1 saturated heterocycles. The summed E-state index contributed by atoms with van der Waals surface area (Å²) < 4.78 is 0. The van der Waals surface area contributed by atoms with Gasteiger partial charge in [-0.1, -0.05) is 42.5 Å². The van der Waals surface area contributed by atoms with E-state index in [1.54, 1.807) is 14.7 Å². The van der Waals surface area contributed by atoms with Gasteiger partial charge in [0.25, 0.3) is 0 Å². The van der Waals surface area contributed by atoms with Crippen LogP contribution in [0.2, 0.25) is 0 Å². The SMILES string of the molecule is O=C(O)CC[C@H](NC(O)N[C@@H](CCCCNC(=O)C(Cc1ccc2ccccc2c1)NC(=O)C1CCC(CNC(=O)CN2CCN(CC(=O)O)CCN(CC(=O)O)CCN(CC(=O)O)CC2)CC1)C(=O)O)C(=O)O. The fraction of sp³-hybridized carbons (Fsp3) is 0.612. The molecule has 0 radical (unpaired) electrons. The summed E-state index contributed by atoms with van der Waals surface area (Å²) in [5.41, 5.74) is 0.812. The molecule has 4 atom stereocenters. The van der Waals surface area contributed by atoms with Gasteiger partial charge in [-0.25, -0.2) is 0 Å². The van der Waals surface area contributed by atoms with Gasteiger partial charge in [-0.3, -0.25) is 73.4 Å². The second-order valence-electron chi connectivity index (χ2n) is 19.0. The van der Waals surface area contributed by atoms with Crippen molar-refractivity contribution in [2.45, 2.75) is 88.7 Å². The van der Waals surface area contributed by atoms with Crippen molar-refractivity contribution in [1.82, 2.24) is 46.2 Å². The summed E-state index contributed by atoms with van der Waals surface area (Å²) >= 11 is 0. The Labute approximate surface area is 428 Å². The van der Waals surface area contributed by atoms with Gasteiger partial charge in [0, 0.05) is 84.2 Å². The molecule has 2 aromatic rings. The van der Waals surface area contributed by atoms with Gasteiger partial charge in [0.05, 0.1) is 26.2 Å². The molecule has 1 heterocycles. The third-order valence-corrected chi connectivity index (χ3v) is 13.2. The average Bonchev–Trinajstić information content (AvgIpc) is 3.34. The summed E-state index contributed by atoms with van der Waals surface area (Å²) in [4.78, 5) is 117. The number of nitrogens with zero attached hydrogens (tertiary/aromatic N) is 4. The van der Waals surface area contributed by atoms with Crippen LogP contribution in [-0.4, -0.2) is 225 Å². The quantitative estimate of drug-likeness (QED) is 0.0335. The van der Waals surface area contributed by atoms with Crippen LogP contribution in [-0.2, 0) is 49.6 Å². The van der Waals surface area contributed by atoms with Crippen LogP contribution in [0.3, 0.4) is 0 Å². The molecule has 0 spiro atoms. The summed E-state index contributed by atoms with van der Waals surface area (Å²) in [6.07, 6.45) is 0.409. The maximum atomic E-state index is 13.8. The molecular weight excluding hydrogens is 971 g/mol. The van der Waals surface area contributed by atoms with E-state index in [9.17, 15) is 73.8 Å². The molecule has 74 heavy (non-hydrogen) atoms. The van der Waals surface area contributed by atoms with E-state index in [4.69, 9.17) is 5.11 Å². The number of fused-ring (bicyclic) bond motifs is 1. The number of aliphatic hydroxyl groups excluding tert-OH is 1. The Morgan fingerprint density at radius 3 is 1.55 bits per heavy atom. The fourth-order valence-corrected chi connectivity index (χ4v) is 9.09. The number of nitrogens with one attached hydrogen (secondary N) is 5. The zero-order valence-corrected chi connectivity index (χ0v) is 41.6. The largest absolute Gasteiger partial charge is 0.481 e. The van der Waals surface area contributed by atoms with Gasteiger partial charge in [-0.2, -0.15) is 0 Å². The van der Waals surface area contributed by atoms with E-state index in [0.717, 1.165) is 16.3 Å². The van der Waals surface area contributed by atoms with Gasteiger partial charge >= 0.3 is 35.8 Å². The first kappa shape index (κ1) is 60.2. The van der Waals surface area contributed by atoms with Gasteiger partial charge in [-0.05, 0) is 73.6 Å². The van der Waals surface area contributed by atoms with E-state index < -0.39 is 78.5 Å². The molecule has 1 saturated carbocycles. The van der Waals surface area contributed by atoms with E-state index in [1.165, 1.54) is 0 Å². The minimum Gasteiger partial charge on any atom is -0.481 e. The number of carboxylic acid groups (broad SMARTS) is 6. The number of unbranched alkanes of at least 4 members (excludes halogenated alkanes) is 1. The topological polar surface area (TPSA) is 368 Å². The smallest absolute Gasteiger partial charge is 0.320 e. The first-order valence-corrected chi connectivity index (χ1v) is 25.0. The highest BCUT2D eigenvalue weighted by Gasteiger charge is 2.31. The lowest BCUT2D eigenvalue weighted by Crippen LogP contribution is -2.55. The first-order chi connectivity index (χ1) is 35.2. The van der Waals surface area contributed by atoms with Gasteiger partial charge in [0.2, 0.25) is 17.7 Å². The van der Waals surface area contributed by atoms with Crippen molar-refractivity contribution in [3.05, 3.63) is 48.0 Å². The Kier molecular flexibility index (Phi) is 25.5. The van der Waals surface area contributed by atoms with Crippen LogP contribution in [0.1, 0.15) is 63.4 Å². The number of carboxylic acids is 6. The number of aliphatic hydroxyl groups is 1. The Morgan fingerprint density at radius 1 is 0.554 bits per heavy atom. The van der Waals surface area contributed by atoms with E-state index in [-0.39, 0.29) is 115 Å². The standard InChI is InChI=1S/C49H73N9O16/c59-40(28-55-17-19-56(29-42(62)63)21-23-58(31-44(66)67)24-22-57(20-18-55)30-43(64)65)51-27-32-8-12-35(13-9-32)45(68)52-39(26-33-10-11-34-5-1-2-6-36(34)25-33)46(69)50-16-4-3-7-37(47(70)71)53-49(74)54-38(48(72)73)14-15-41(60)61/h1-2,5-6,10-11,25,32,35,37-39,49,53-54,74H,3-4,7-9,12-24,26-31H2,(H,50,69)(H,51,59)(H,52,68)(H,60,61)(H,62,63)(H,64,65)(H,66,67)(H,70,71)(H,72,73)/t32?,35?,37-,38-,39?,49?/m0/s1. The van der Waals surface area contributed by atoms with Crippen molar-refractivity contribution in [2.24, 2.45) is 11.8 Å². The molecule has 410 valence electrons. The molecule has 0 bridgehead atoms. The number of amides is 3. The van der Waals surface area contributed by atoms with E-state index >= 15 is 0 Å². The molecule has 2 fully saturated rings. The Morgan fingerprint density at radius 2 is 1.05 bits per heavy atom. The summed E-state index contributed by atoms with van der Waals surface area (Å²) in [5.74, 6) is -8.47. The maximum absolute atomic E-state index is 13.8. The Balaban J connectivity index is 1.30. The number of hydrogen-bond donors (Lipinski definition) is 12. The van der Waals surface area contributed by atoms with Crippen molar-refractivity contribution >= 4 is 64.3 Å². The summed E-state index contributed by atoms with van der Waals surface area (Å²) in [6, 6.07) is 9.78. The summed E-state index contributed by atoms with van der Waals surface area (Å²) in [7, 11) is 0. The minimum atomic E-state index is -1.77. The second kappa shape index (κ2) is 31.4. The number of aliphatic carboxylic acids is 6. The summed E-state index contributed by atoms with van der Waals surface area (Å²) in [5, 5.41) is 82.2. The lowest BCUT2D eigenvalue weighted by atomic mass is 9.81. The van der Waals surface area contributed by atoms with Crippen molar-refractivity contribution in [2.75, 3.05) is 91.6 Å². The zero-order chi connectivity index (χ0) is 54.2. The highest BCUT2D eigenvalue weighted by Crippen LogP contribution is 2.29. The molecule has 25 heteroatoms. The van der Waals surface area contributed by atoms with Gasteiger partial charge in [-0.15, -0.1) is 0 Å². The van der Waals surface area contributed by atoms with Crippen LogP contribution in [0.15, 0.2) is 42.5 Å². The molecule has 0 aromatic heterocycles. The van der Waals surface area contributed by atoms with Crippen molar-refractivity contribution in [3.63, 3.8) is 0 Å². The number of carbonyl (C=O) groups excluding carboxylic acids is 3. The molecule has 12 N–H and O–H groups in total. The highest BCUT2D eigenvalue weighted by atomic mass is 16.4. The third kappa shape index (κ3) is 22.8. The van der Waals surface area contributed by atoms with Crippen molar-refractivity contribution < 1.29 is 78.9 Å². The number of rotatable bonds is 29. The van der Waals surface area contributed by atoms with Crippen LogP contribution in [0.25, 0.3) is 10.8 Å². The molecular formula is C49H73N9O16. The lowest BCUT2D eigenvalue weighted by molar-refractivity contribution is -0.143. The maximum Gasteiger partial charge on any atom is 0.320 e. The van der Waals surface area contributed by atoms with Crippen LogP contribution in [0, 0.1) is 11.8 Å². The average molecular weight is 1040 g/mol. The van der Waals surface area contributed by atoms with E-state index in [2.05, 4.69) is 26.6 Å². The van der Waals surface area contributed by atoms with E-state index in [0.29, 0.717) is 51.7 Å². The molecule has 4 rings (SSSR count). The fourth-order valence-electron chi connectivity index (χ4n) is 9.09. The molecule has 2 aromatic carbocycles.